The van der Waals surface area contributed by atoms with Gasteiger partial charge in [0.15, 0.2) is 0 Å². The Hall–Kier alpha value is -0.870. The second-order valence-electron chi connectivity index (χ2n) is 5.54. The van der Waals surface area contributed by atoms with Gasteiger partial charge in [0, 0.05) is 21.6 Å². The highest BCUT2D eigenvalue weighted by atomic mass is 79.9. The van der Waals surface area contributed by atoms with Crippen molar-refractivity contribution in [2.24, 2.45) is 0 Å². The van der Waals surface area contributed by atoms with E-state index in [0.717, 1.165) is 21.6 Å². The quantitative estimate of drug-likeness (QED) is 0.833. The van der Waals surface area contributed by atoms with Gasteiger partial charge in [0.25, 0.3) is 0 Å². The lowest BCUT2D eigenvalue weighted by molar-refractivity contribution is -0.0307. The van der Waals surface area contributed by atoms with E-state index in [9.17, 15) is 0 Å². The molecule has 2 atom stereocenters. The van der Waals surface area contributed by atoms with Gasteiger partial charge < -0.3 is 10.1 Å². The number of rotatable bonds is 2. The van der Waals surface area contributed by atoms with Crippen molar-refractivity contribution in [2.45, 2.75) is 18.6 Å². The van der Waals surface area contributed by atoms with Crippen molar-refractivity contribution in [3.63, 3.8) is 0 Å². The summed E-state index contributed by atoms with van der Waals surface area (Å²) in [6.07, 6.45) is -0.0117. The fourth-order valence-corrected chi connectivity index (χ4v) is 3.44. The Morgan fingerprint density at radius 1 is 1.24 bits per heavy atom. The Bertz CT molecular complexity index is 624. The molecule has 0 saturated carbocycles. The minimum Gasteiger partial charge on any atom is -0.370 e. The van der Waals surface area contributed by atoms with E-state index >= 15 is 0 Å². The molecular formula is C17H17BrClNO. The predicted octanol–water partition coefficient (Wildman–Crippen LogP) is 4.68. The monoisotopic (exact) mass is 365 g/mol. The molecule has 0 radical (unpaired) electrons. The lowest BCUT2D eigenvalue weighted by Crippen LogP contribution is -2.50. The van der Waals surface area contributed by atoms with Crippen LogP contribution in [0.3, 0.4) is 0 Å². The van der Waals surface area contributed by atoms with Crippen LogP contribution in [0, 0.1) is 0 Å². The van der Waals surface area contributed by atoms with Crippen molar-refractivity contribution in [3.8, 4) is 0 Å². The molecule has 1 heterocycles. The van der Waals surface area contributed by atoms with Gasteiger partial charge in [0.05, 0.1) is 18.2 Å². The van der Waals surface area contributed by atoms with Crippen LogP contribution in [0.2, 0.25) is 5.02 Å². The molecule has 2 aromatic carbocycles. The highest BCUT2D eigenvalue weighted by molar-refractivity contribution is 9.10. The van der Waals surface area contributed by atoms with Crippen LogP contribution in [0.4, 0.5) is 0 Å². The first kappa shape index (κ1) is 15.0. The van der Waals surface area contributed by atoms with E-state index in [1.807, 2.05) is 24.3 Å². The van der Waals surface area contributed by atoms with Crippen molar-refractivity contribution >= 4 is 27.5 Å². The lowest BCUT2D eigenvalue weighted by Gasteiger charge is -2.39. The first-order chi connectivity index (χ1) is 10.1. The van der Waals surface area contributed by atoms with E-state index in [0.29, 0.717) is 6.61 Å². The molecule has 1 fully saturated rings. The topological polar surface area (TPSA) is 21.3 Å². The molecule has 0 aromatic heterocycles. The van der Waals surface area contributed by atoms with Crippen LogP contribution >= 0.6 is 27.5 Å². The molecule has 0 spiro atoms. The standard InChI is InChI=1S/C17H17BrClNO/c1-17(12-5-3-2-4-6-12)11-21-16(10-20-17)14-8-7-13(18)9-15(14)19/h2-9,16,20H,10-11H2,1H3. The molecule has 1 aliphatic rings. The molecule has 0 aliphatic carbocycles. The summed E-state index contributed by atoms with van der Waals surface area (Å²) in [5, 5.41) is 4.34. The summed E-state index contributed by atoms with van der Waals surface area (Å²) in [5.41, 5.74) is 2.12. The minimum absolute atomic E-state index is 0.0117. The van der Waals surface area contributed by atoms with Crippen molar-refractivity contribution in [3.05, 3.63) is 69.2 Å². The Balaban J connectivity index is 1.76. The molecule has 1 N–H and O–H groups in total. The Kier molecular flexibility index (Phi) is 4.36. The molecule has 2 aromatic rings. The summed E-state index contributed by atoms with van der Waals surface area (Å²) in [7, 11) is 0. The average Bonchev–Trinajstić information content (AvgIpc) is 2.50. The van der Waals surface area contributed by atoms with E-state index in [4.69, 9.17) is 16.3 Å². The van der Waals surface area contributed by atoms with Gasteiger partial charge in [-0.25, -0.2) is 0 Å². The predicted molar refractivity (Wildman–Crippen MR) is 89.6 cm³/mol. The molecule has 2 nitrogen and oxygen atoms in total. The smallest absolute Gasteiger partial charge is 0.0964 e. The van der Waals surface area contributed by atoms with Gasteiger partial charge in [-0.15, -0.1) is 0 Å². The molecule has 0 bridgehead atoms. The van der Waals surface area contributed by atoms with E-state index < -0.39 is 0 Å². The van der Waals surface area contributed by atoms with Crippen LogP contribution in [-0.2, 0) is 10.3 Å². The molecule has 1 saturated heterocycles. The van der Waals surface area contributed by atoms with Gasteiger partial charge in [-0.05, 0) is 24.6 Å². The van der Waals surface area contributed by atoms with Crippen molar-refractivity contribution in [1.82, 2.24) is 5.32 Å². The fourth-order valence-electron chi connectivity index (χ4n) is 2.65. The van der Waals surface area contributed by atoms with Gasteiger partial charge in [0.1, 0.15) is 0 Å². The van der Waals surface area contributed by atoms with Crippen molar-refractivity contribution in [2.75, 3.05) is 13.2 Å². The van der Waals surface area contributed by atoms with E-state index in [1.54, 1.807) is 0 Å². The number of hydrogen-bond acceptors (Lipinski definition) is 2. The normalized spacial score (nSPS) is 25.8. The Labute approximate surface area is 138 Å². The fraction of sp³-hybridized carbons (Fsp3) is 0.294. The van der Waals surface area contributed by atoms with Crippen LogP contribution in [0.1, 0.15) is 24.2 Å². The summed E-state index contributed by atoms with van der Waals surface area (Å²) in [6, 6.07) is 16.3. The Morgan fingerprint density at radius 2 is 2.00 bits per heavy atom. The summed E-state index contributed by atoms with van der Waals surface area (Å²) in [5.74, 6) is 0. The average molecular weight is 367 g/mol. The highest BCUT2D eigenvalue weighted by Gasteiger charge is 2.33. The summed E-state index contributed by atoms with van der Waals surface area (Å²) in [4.78, 5) is 0. The van der Waals surface area contributed by atoms with Crippen LogP contribution in [0.25, 0.3) is 0 Å². The largest absolute Gasteiger partial charge is 0.370 e. The van der Waals surface area contributed by atoms with Gasteiger partial charge in [-0.2, -0.15) is 0 Å². The first-order valence-corrected chi connectivity index (χ1v) is 8.13. The molecule has 21 heavy (non-hydrogen) atoms. The zero-order valence-corrected chi connectivity index (χ0v) is 14.1. The zero-order valence-electron chi connectivity index (χ0n) is 11.8. The first-order valence-electron chi connectivity index (χ1n) is 6.96. The van der Waals surface area contributed by atoms with Crippen LogP contribution in [0.15, 0.2) is 53.0 Å². The zero-order chi connectivity index (χ0) is 14.9. The third-order valence-electron chi connectivity index (χ3n) is 3.97. The molecule has 4 heteroatoms. The second-order valence-corrected chi connectivity index (χ2v) is 6.87. The summed E-state index contributed by atoms with van der Waals surface area (Å²) in [6.45, 7) is 3.53. The van der Waals surface area contributed by atoms with E-state index in [2.05, 4.69) is 52.4 Å². The number of benzene rings is 2. The molecule has 3 rings (SSSR count). The molecule has 0 amide bonds. The SMILES string of the molecule is CC1(c2ccccc2)COC(c2ccc(Br)cc2Cl)CN1. The number of nitrogens with one attached hydrogen (secondary N) is 1. The summed E-state index contributed by atoms with van der Waals surface area (Å²) >= 11 is 9.74. The maximum absolute atomic E-state index is 6.31. The van der Waals surface area contributed by atoms with Crippen LogP contribution in [0.5, 0.6) is 0 Å². The van der Waals surface area contributed by atoms with E-state index in [1.165, 1.54) is 5.56 Å². The number of ether oxygens (including phenoxy) is 1. The van der Waals surface area contributed by atoms with Gasteiger partial charge >= 0.3 is 0 Å². The van der Waals surface area contributed by atoms with Gasteiger partial charge in [-0.1, -0.05) is 63.9 Å². The van der Waals surface area contributed by atoms with Gasteiger partial charge in [-0.3, -0.25) is 0 Å². The molecule has 1 aliphatic heterocycles. The Morgan fingerprint density at radius 3 is 2.62 bits per heavy atom. The van der Waals surface area contributed by atoms with Crippen molar-refractivity contribution < 1.29 is 4.74 Å². The summed E-state index contributed by atoms with van der Waals surface area (Å²) < 4.78 is 7.07. The lowest BCUT2D eigenvalue weighted by atomic mass is 9.90. The number of morpholine rings is 1. The van der Waals surface area contributed by atoms with Crippen molar-refractivity contribution in [1.29, 1.82) is 0 Å². The second kappa shape index (κ2) is 6.09. The van der Waals surface area contributed by atoms with Crippen LogP contribution < -0.4 is 5.32 Å². The third kappa shape index (κ3) is 3.16. The van der Waals surface area contributed by atoms with E-state index in [-0.39, 0.29) is 11.6 Å². The minimum atomic E-state index is -0.153. The maximum Gasteiger partial charge on any atom is 0.0964 e. The third-order valence-corrected chi connectivity index (χ3v) is 4.79. The highest BCUT2D eigenvalue weighted by Crippen LogP contribution is 2.33. The molecule has 110 valence electrons. The van der Waals surface area contributed by atoms with Crippen LogP contribution in [-0.4, -0.2) is 13.2 Å². The molecule has 2 unspecified atom stereocenters. The van der Waals surface area contributed by atoms with Gasteiger partial charge in [0.2, 0.25) is 0 Å². The number of halogens is 2. The number of hydrogen-bond donors (Lipinski definition) is 1. The maximum atomic E-state index is 6.31. The molecular weight excluding hydrogens is 350 g/mol.